The van der Waals surface area contributed by atoms with Gasteiger partial charge in [-0.3, -0.25) is 9.48 Å². The van der Waals surface area contributed by atoms with Gasteiger partial charge in [0, 0.05) is 31.7 Å². The number of likely N-dealkylation sites (tertiary alicyclic amines) is 1. The minimum Gasteiger partial charge on any atom is -0.339 e. The number of benzene rings is 1. The smallest absolute Gasteiger partial charge is 0.254 e. The van der Waals surface area contributed by atoms with Gasteiger partial charge in [-0.2, -0.15) is 5.10 Å². The van der Waals surface area contributed by atoms with Gasteiger partial charge in [0.05, 0.1) is 22.3 Å². The van der Waals surface area contributed by atoms with Crippen LogP contribution >= 0.6 is 24.8 Å². The molecule has 150 valence electrons. The highest BCUT2D eigenvalue weighted by atomic mass is 35.5. The highest BCUT2D eigenvalue weighted by molar-refractivity contribution is 6.07. The lowest BCUT2D eigenvalue weighted by atomic mass is 10.0. The van der Waals surface area contributed by atoms with E-state index < -0.39 is 0 Å². The maximum atomic E-state index is 13.3. The van der Waals surface area contributed by atoms with Crippen LogP contribution in [0.4, 0.5) is 0 Å². The summed E-state index contributed by atoms with van der Waals surface area (Å²) in [7, 11) is 1.87. The van der Waals surface area contributed by atoms with Gasteiger partial charge < -0.3 is 10.6 Å². The summed E-state index contributed by atoms with van der Waals surface area (Å²) in [5, 5.41) is 5.33. The van der Waals surface area contributed by atoms with Crippen LogP contribution in [0.25, 0.3) is 22.3 Å². The van der Waals surface area contributed by atoms with Crippen molar-refractivity contribution < 1.29 is 4.79 Å². The van der Waals surface area contributed by atoms with Crippen molar-refractivity contribution in [2.45, 2.75) is 25.8 Å². The largest absolute Gasteiger partial charge is 0.339 e. The fourth-order valence-electron chi connectivity index (χ4n) is 3.64. The average molecular weight is 422 g/mol. The van der Waals surface area contributed by atoms with Gasteiger partial charge in [-0.15, -0.1) is 24.8 Å². The van der Waals surface area contributed by atoms with Crippen molar-refractivity contribution in [3.05, 3.63) is 47.7 Å². The Bertz CT molecular complexity index is 966. The van der Waals surface area contributed by atoms with Gasteiger partial charge in [-0.05, 0) is 25.8 Å². The summed E-state index contributed by atoms with van der Waals surface area (Å²) in [5.41, 5.74) is 10.0. The lowest BCUT2D eigenvalue weighted by Gasteiger charge is -2.30. The maximum absolute atomic E-state index is 13.3. The maximum Gasteiger partial charge on any atom is 0.254 e. The first-order chi connectivity index (χ1) is 12.5. The second-order valence-electron chi connectivity index (χ2n) is 6.96. The Morgan fingerprint density at radius 3 is 2.43 bits per heavy atom. The number of carbonyl (C=O) groups excluding carboxylic acids is 1. The average Bonchev–Trinajstić information content (AvgIpc) is 2.96. The Hall–Kier alpha value is -2.15. The second kappa shape index (κ2) is 8.90. The molecule has 1 saturated heterocycles. The number of amides is 1. The molecule has 0 aliphatic carbocycles. The first kappa shape index (κ1) is 22.1. The second-order valence-corrected chi connectivity index (χ2v) is 6.96. The van der Waals surface area contributed by atoms with Gasteiger partial charge in [0.15, 0.2) is 5.65 Å². The standard InChI is InChI=1S/C20H23N5O.2ClH/c1-13-18-16(20(26)25-10-8-15(21)9-11-25)12-17(14-6-4-3-5-7-14)22-19(18)24(2)23-13;;/h3-7,12,15H,8-11,21H2,1-2H3;2*1H. The number of nitrogens with zero attached hydrogens (tertiary/aromatic N) is 4. The Balaban J connectivity index is 0.00000140. The van der Waals surface area contributed by atoms with Crippen molar-refractivity contribution in [3.63, 3.8) is 0 Å². The van der Waals surface area contributed by atoms with Crippen molar-refractivity contribution in [2.24, 2.45) is 12.8 Å². The number of halogens is 2. The zero-order chi connectivity index (χ0) is 18.3. The molecule has 1 amide bonds. The third-order valence-electron chi connectivity index (χ3n) is 5.10. The molecule has 0 atom stereocenters. The van der Waals surface area contributed by atoms with E-state index in [-0.39, 0.29) is 36.8 Å². The Labute approximate surface area is 176 Å². The molecule has 2 N–H and O–H groups in total. The van der Waals surface area contributed by atoms with Gasteiger partial charge in [0.2, 0.25) is 0 Å². The van der Waals surface area contributed by atoms with Gasteiger partial charge in [-0.25, -0.2) is 4.98 Å². The number of carbonyl (C=O) groups is 1. The molecule has 2 aromatic heterocycles. The predicted octanol–water partition coefficient (Wildman–Crippen LogP) is 3.35. The number of nitrogens with two attached hydrogens (primary N) is 1. The van der Waals surface area contributed by atoms with Crippen LogP contribution in [0, 0.1) is 6.92 Å². The summed E-state index contributed by atoms with van der Waals surface area (Å²) >= 11 is 0. The van der Waals surface area contributed by atoms with E-state index in [1.54, 1.807) is 4.68 Å². The predicted molar refractivity (Wildman–Crippen MR) is 116 cm³/mol. The van der Waals surface area contributed by atoms with Gasteiger partial charge in [0.1, 0.15) is 0 Å². The molecule has 1 aliphatic rings. The summed E-state index contributed by atoms with van der Waals surface area (Å²) in [6, 6.07) is 12.0. The van der Waals surface area contributed by atoms with Crippen molar-refractivity contribution >= 4 is 41.8 Å². The van der Waals surface area contributed by atoms with Crippen LogP contribution in [0.2, 0.25) is 0 Å². The van der Waals surface area contributed by atoms with E-state index in [1.165, 1.54) is 0 Å². The number of aromatic nitrogens is 3. The Kier molecular flexibility index (Phi) is 7.04. The van der Waals surface area contributed by atoms with Crippen LogP contribution in [-0.2, 0) is 7.05 Å². The van der Waals surface area contributed by atoms with Crippen molar-refractivity contribution in [1.29, 1.82) is 0 Å². The van der Waals surface area contributed by atoms with Crippen LogP contribution in [0.1, 0.15) is 28.9 Å². The van der Waals surface area contributed by atoms with Crippen LogP contribution in [-0.4, -0.2) is 44.7 Å². The molecule has 3 heterocycles. The monoisotopic (exact) mass is 421 g/mol. The van der Waals surface area contributed by atoms with E-state index in [2.05, 4.69) is 5.10 Å². The first-order valence-electron chi connectivity index (χ1n) is 8.99. The molecule has 4 rings (SSSR count). The number of aryl methyl sites for hydroxylation is 2. The lowest BCUT2D eigenvalue weighted by molar-refractivity contribution is 0.0716. The summed E-state index contributed by atoms with van der Waals surface area (Å²) in [5.74, 6) is 0.0394. The number of piperidine rings is 1. The van der Waals surface area contributed by atoms with E-state index >= 15 is 0 Å². The van der Waals surface area contributed by atoms with E-state index in [9.17, 15) is 4.79 Å². The molecule has 6 nitrogen and oxygen atoms in total. The number of pyridine rings is 1. The topological polar surface area (TPSA) is 77.0 Å². The number of fused-ring (bicyclic) bond motifs is 1. The molecular weight excluding hydrogens is 397 g/mol. The molecule has 28 heavy (non-hydrogen) atoms. The molecule has 1 aromatic carbocycles. The van der Waals surface area contributed by atoms with Crippen molar-refractivity contribution in [1.82, 2.24) is 19.7 Å². The molecule has 0 radical (unpaired) electrons. The van der Waals surface area contributed by atoms with Gasteiger partial charge in [-0.1, -0.05) is 30.3 Å². The minimum atomic E-state index is 0. The van der Waals surface area contributed by atoms with Gasteiger partial charge >= 0.3 is 0 Å². The minimum absolute atomic E-state index is 0. The van der Waals surface area contributed by atoms with Crippen LogP contribution in [0.5, 0.6) is 0 Å². The summed E-state index contributed by atoms with van der Waals surface area (Å²) in [6.07, 6.45) is 1.69. The van der Waals surface area contributed by atoms with Crippen LogP contribution < -0.4 is 5.73 Å². The van der Waals surface area contributed by atoms with E-state index in [1.807, 2.05) is 55.3 Å². The SMILES string of the molecule is Cc1nn(C)c2nc(-c3ccccc3)cc(C(=O)N3CCC(N)CC3)c12.Cl.Cl. The molecule has 0 spiro atoms. The summed E-state index contributed by atoms with van der Waals surface area (Å²) in [4.78, 5) is 20.0. The van der Waals surface area contributed by atoms with Crippen LogP contribution in [0.15, 0.2) is 36.4 Å². The summed E-state index contributed by atoms with van der Waals surface area (Å²) in [6.45, 7) is 3.32. The fraction of sp³-hybridized carbons (Fsp3) is 0.350. The molecule has 0 saturated carbocycles. The summed E-state index contributed by atoms with van der Waals surface area (Å²) < 4.78 is 1.75. The highest BCUT2D eigenvalue weighted by Gasteiger charge is 2.26. The lowest BCUT2D eigenvalue weighted by Crippen LogP contribution is -2.42. The van der Waals surface area contributed by atoms with Crippen molar-refractivity contribution in [2.75, 3.05) is 13.1 Å². The van der Waals surface area contributed by atoms with E-state index in [0.717, 1.165) is 40.8 Å². The third-order valence-corrected chi connectivity index (χ3v) is 5.10. The normalized spacial score (nSPS) is 14.5. The molecule has 0 bridgehead atoms. The van der Waals surface area contributed by atoms with Crippen molar-refractivity contribution in [3.8, 4) is 11.3 Å². The zero-order valence-corrected chi connectivity index (χ0v) is 17.6. The molecule has 3 aromatic rings. The Morgan fingerprint density at radius 2 is 1.79 bits per heavy atom. The highest BCUT2D eigenvalue weighted by Crippen LogP contribution is 2.28. The fourth-order valence-corrected chi connectivity index (χ4v) is 3.64. The van der Waals surface area contributed by atoms with E-state index in [0.29, 0.717) is 18.7 Å². The quantitative estimate of drug-likeness (QED) is 0.687. The first-order valence-corrected chi connectivity index (χ1v) is 8.99. The number of hydrogen-bond donors (Lipinski definition) is 1. The third kappa shape index (κ3) is 3.99. The number of hydrogen-bond acceptors (Lipinski definition) is 4. The Morgan fingerprint density at radius 1 is 1.14 bits per heavy atom. The number of rotatable bonds is 2. The van der Waals surface area contributed by atoms with Crippen LogP contribution in [0.3, 0.4) is 0 Å². The molecule has 8 heteroatoms. The molecule has 0 unspecified atom stereocenters. The van der Waals surface area contributed by atoms with Gasteiger partial charge in [0.25, 0.3) is 5.91 Å². The molecular formula is C20H25Cl2N5O. The molecule has 1 aliphatic heterocycles. The molecule has 1 fully saturated rings. The zero-order valence-electron chi connectivity index (χ0n) is 16.0. The van der Waals surface area contributed by atoms with E-state index in [4.69, 9.17) is 10.7 Å².